The number of primary amides is 1. The van der Waals surface area contributed by atoms with Crippen molar-refractivity contribution in [1.29, 1.82) is 0 Å². The lowest BCUT2D eigenvalue weighted by atomic mass is 10.1. The molecule has 204 valence electrons. The van der Waals surface area contributed by atoms with Gasteiger partial charge in [-0.15, -0.1) is 0 Å². The Kier molecular flexibility index (Phi) is 10.4. The molecule has 36 heavy (non-hydrogen) atoms. The highest BCUT2D eigenvalue weighted by atomic mass is 31.2. The molecule has 0 aliphatic carbocycles. The van der Waals surface area contributed by atoms with E-state index in [1.807, 2.05) is 0 Å². The molecule has 0 saturated carbocycles. The van der Waals surface area contributed by atoms with Crippen molar-refractivity contribution >= 4 is 33.7 Å². The number of carbonyl (C=O) groups is 1. The highest BCUT2D eigenvalue weighted by Gasteiger charge is 2.45. The number of hydrogen-bond donors (Lipinski definition) is 10. The van der Waals surface area contributed by atoms with Crippen LogP contribution in [0.5, 0.6) is 0 Å². The molecule has 1 aromatic rings. The molecule has 2 rings (SSSR count). The molecule has 0 unspecified atom stereocenters. The van der Waals surface area contributed by atoms with Gasteiger partial charge in [0.1, 0.15) is 36.3 Å². The van der Waals surface area contributed by atoms with Gasteiger partial charge in [0.05, 0.1) is 25.9 Å². The number of aliphatic hydroxyl groups excluding tert-OH is 4. The molecule has 0 aromatic carbocycles. The van der Waals surface area contributed by atoms with Crippen LogP contribution in [-0.4, -0.2) is 106 Å². The van der Waals surface area contributed by atoms with E-state index in [0.29, 0.717) is 0 Å². The van der Waals surface area contributed by atoms with E-state index >= 15 is 0 Å². The van der Waals surface area contributed by atoms with Gasteiger partial charge in [0.15, 0.2) is 11.9 Å². The molecule has 19 nitrogen and oxygen atoms in total. The maximum absolute atomic E-state index is 11.7. The lowest BCUT2D eigenvalue weighted by Gasteiger charge is -2.19. The fourth-order valence-corrected chi connectivity index (χ4v) is 3.51. The number of ether oxygens (including phenoxy) is 1. The maximum Gasteiger partial charge on any atom is 0.469 e. The number of rotatable bonds is 13. The van der Waals surface area contributed by atoms with Gasteiger partial charge in [-0.3, -0.25) is 18.4 Å². The summed E-state index contributed by atoms with van der Waals surface area (Å²) in [5.74, 6) is -1.17. The Bertz CT molecular complexity index is 1050. The number of imidazole rings is 1. The van der Waals surface area contributed by atoms with E-state index < -0.39 is 71.5 Å². The first-order chi connectivity index (χ1) is 16.6. The minimum Gasteiger partial charge on any atom is -0.388 e. The molecule has 1 fully saturated rings. The van der Waals surface area contributed by atoms with Gasteiger partial charge in [0.25, 0.3) is 5.91 Å². The lowest BCUT2D eigenvalue weighted by molar-refractivity contribution is -0.0511. The Morgan fingerprint density at radius 3 is 2.44 bits per heavy atom. The van der Waals surface area contributed by atoms with Crippen LogP contribution in [0, 0.1) is 0 Å². The van der Waals surface area contributed by atoms with E-state index in [9.17, 15) is 34.4 Å². The van der Waals surface area contributed by atoms with Gasteiger partial charge in [-0.2, -0.15) is 0 Å². The second-order valence-electron chi connectivity index (χ2n) is 7.15. The molecule has 1 aliphatic rings. The van der Waals surface area contributed by atoms with Crippen LogP contribution >= 0.6 is 15.6 Å². The summed E-state index contributed by atoms with van der Waals surface area (Å²) in [6, 6.07) is 0. The first kappa shape index (κ1) is 30.1. The monoisotopic (exact) mass is 561 g/mol. The van der Waals surface area contributed by atoms with Crippen LogP contribution in [0.1, 0.15) is 16.7 Å². The highest BCUT2D eigenvalue weighted by Crippen LogP contribution is 2.39. The van der Waals surface area contributed by atoms with Crippen molar-refractivity contribution in [2.24, 2.45) is 10.7 Å². The molecule has 0 spiro atoms. The van der Waals surface area contributed by atoms with Crippen molar-refractivity contribution < 1.29 is 67.7 Å². The van der Waals surface area contributed by atoms with E-state index in [0.717, 1.165) is 29.5 Å². The van der Waals surface area contributed by atoms with Crippen LogP contribution in [0.15, 0.2) is 23.6 Å². The Balaban J connectivity index is 2.10. The number of aromatic nitrogens is 2. The Labute approximate surface area is 201 Å². The smallest absolute Gasteiger partial charge is 0.388 e. The van der Waals surface area contributed by atoms with Gasteiger partial charge in [0.2, 0.25) is 0 Å². The zero-order valence-corrected chi connectivity index (χ0v) is 19.8. The fourth-order valence-electron chi connectivity index (χ4n) is 2.82. The summed E-state index contributed by atoms with van der Waals surface area (Å²) >= 11 is 0. The summed E-state index contributed by atoms with van der Waals surface area (Å²) < 4.78 is 36.3. The number of nitrogens with zero attached hydrogens (tertiary/aromatic N) is 3. The number of phosphoric ester groups is 2. The number of anilines is 1. The number of carbonyl (C=O) groups excluding carboxylic acids is 1. The SMILES string of the molecule is NC(=O)c1ncn([C@@H]2O[C@H](COP(=O)(O)O)[C@@H](O)[C@H]2O)c1NC=N/C=C/[C@H](O)[C@H](O)COP(=O)(O)O. The Morgan fingerprint density at radius 1 is 1.22 bits per heavy atom. The normalized spacial score (nSPS) is 25.0. The van der Waals surface area contributed by atoms with Crippen molar-refractivity contribution in [3.05, 3.63) is 24.3 Å². The lowest BCUT2D eigenvalue weighted by Crippen LogP contribution is -2.33. The van der Waals surface area contributed by atoms with Gasteiger partial charge in [0, 0.05) is 6.20 Å². The summed E-state index contributed by atoms with van der Waals surface area (Å²) in [6.45, 7) is -1.63. The van der Waals surface area contributed by atoms with Gasteiger partial charge < -0.3 is 55.8 Å². The molecule has 0 radical (unpaired) electrons. The standard InChI is InChI=1S/C15H25N5O14P2/c16-13(25)10-14(18-5-17-2-1-7(21)8(22)3-32-35(26,27)28)20(6-19-10)15-12(24)11(23)9(34-15)4-33-36(29,30)31/h1-2,5-9,11-12,15,21-24H,3-4H2,(H2,16,25)(H,17,18)(H2,26,27,28)(H2,29,30,31)/b2-1+/t7-,8+,9+,11+,12+,15+/m0/s1. The van der Waals surface area contributed by atoms with E-state index in [1.54, 1.807) is 0 Å². The zero-order valence-electron chi connectivity index (χ0n) is 18.0. The molecule has 1 amide bonds. The molecule has 1 aliphatic heterocycles. The molecular weight excluding hydrogens is 536 g/mol. The number of aliphatic imine (C=N–C) groups is 1. The van der Waals surface area contributed by atoms with Crippen molar-refractivity contribution in [3.63, 3.8) is 0 Å². The molecule has 1 aromatic heterocycles. The summed E-state index contributed by atoms with van der Waals surface area (Å²) in [6.07, 6.45) is -5.41. The maximum atomic E-state index is 11.7. The van der Waals surface area contributed by atoms with Crippen LogP contribution in [0.2, 0.25) is 0 Å². The highest BCUT2D eigenvalue weighted by molar-refractivity contribution is 7.46. The van der Waals surface area contributed by atoms with Crippen molar-refractivity contribution in [2.75, 3.05) is 18.5 Å². The third-order valence-corrected chi connectivity index (χ3v) is 5.47. The molecule has 1 saturated heterocycles. The van der Waals surface area contributed by atoms with E-state index in [2.05, 4.69) is 24.3 Å². The van der Waals surface area contributed by atoms with Gasteiger partial charge in [-0.25, -0.2) is 19.1 Å². The van der Waals surface area contributed by atoms with Gasteiger partial charge in [-0.1, -0.05) is 0 Å². The molecule has 2 heterocycles. The molecule has 0 bridgehead atoms. The van der Waals surface area contributed by atoms with E-state index in [1.165, 1.54) is 0 Å². The summed E-state index contributed by atoms with van der Waals surface area (Å²) in [5, 5.41) is 42.3. The van der Waals surface area contributed by atoms with E-state index in [-0.39, 0.29) is 11.5 Å². The second kappa shape index (κ2) is 12.4. The first-order valence-electron chi connectivity index (χ1n) is 9.70. The number of phosphoric acid groups is 2. The van der Waals surface area contributed by atoms with E-state index in [4.69, 9.17) is 30.0 Å². The largest absolute Gasteiger partial charge is 0.469 e. The van der Waals surface area contributed by atoms with Crippen LogP contribution in [0.25, 0.3) is 0 Å². The van der Waals surface area contributed by atoms with Crippen LogP contribution in [0.3, 0.4) is 0 Å². The number of amides is 1. The topological polar surface area (TPSA) is 309 Å². The summed E-state index contributed by atoms with van der Waals surface area (Å²) in [7, 11) is -9.73. The molecular formula is C15H25N5O14P2. The number of nitrogens with two attached hydrogens (primary N) is 1. The average molecular weight is 561 g/mol. The Morgan fingerprint density at radius 2 is 1.86 bits per heavy atom. The van der Waals surface area contributed by atoms with Crippen LogP contribution in [-0.2, 0) is 22.9 Å². The van der Waals surface area contributed by atoms with Crippen LogP contribution in [0.4, 0.5) is 5.82 Å². The third kappa shape index (κ3) is 8.79. The quantitative estimate of drug-likeness (QED) is 0.0634. The molecule has 11 N–H and O–H groups in total. The van der Waals surface area contributed by atoms with Crippen molar-refractivity contribution in [2.45, 2.75) is 36.7 Å². The minimum atomic E-state index is -4.89. The van der Waals surface area contributed by atoms with Gasteiger partial charge in [-0.05, 0) is 6.08 Å². The minimum absolute atomic E-state index is 0.164. The average Bonchev–Trinajstić information content (AvgIpc) is 3.30. The second-order valence-corrected chi connectivity index (χ2v) is 9.63. The fraction of sp³-hybridized carbons (Fsp3) is 0.533. The summed E-state index contributed by atoms with van der Waals surface area (Å²) in [5.41, 5.74) is 4.94. The summed E-state index contributed by atoms with van der Waals surface area (Å²) in [4.78, 5) is 54.0. The predicted molar refractivity (Wildman–Crippen MR) is 116 cm³/mol. The van der Waals surface area contributed by atoms with Crippen molar-refractivity contribution in [1.82, 2.24) is 9.55 Å². The van der Waals surface area contributed by atoms with Crippen LogP contribution < -0.4 is 11.1 Å². The zero-order chi connectivity index (χ0) is 27.3. The Hall–Kier alpha value is -2.09. The number of aliphatic hydroxyl groups is 4. The number of hydrogen-bond acceptors (Lipinski definition) is 12. The molecule has 6 atom stereocenters. The number of nitrogens with one attached hydrogen (secondary N) is 1. The first-order valence-corrected chi connectivity index (χ1v) is 12.8. The van der Waals surface area contributed by atoms with Crippen molar-refractivity contribution in [3.8, 4) is 0 Å². The third-order valence-electron chi connectivity index (χ3n) is 4.50. The molecule has 21 heteroatoms. The predicted octanol–water partition coefficient (Wildman–Crippen LogP) is -3.50. The van der Waals surface area contributed by atoms with Gasteiger partial charge >= 0.3 is 15.6 Å².